The number of allylic oxidation sites excluding steroid dienone is 1. The van der Waals surface area contributed by atoms with Gasteiger partial charge in [-0.1, -0.05) is 49.2 Å². The summed E-state index contributed by atoms with van der Waals surface area (Å²) in [6, 6.07) is 18.9. The molecule has 1 saturated carbocycles. The molecule has 3 heterocycles. The topological polar surface area (TPSA) is 105 Å². The van der Waals surface area contributed by atoms with Gasteiger partial charge in [0.25, 0.3) is 10.0 Å². The van der Waals surface area contributed by atoms with Crippen LogP contribution in [0.15, 0.2) is 88.8 Å². The summed E-state index contributed by atoms with van der Waals surface area (Å²) >= 11 is 0. The highest BCUT2D eigenvalue weighted by Crippen LogP contribution is 2.37. The molecule has 1 atom stereocenters. The smallest absolute Gasteiger partial charge is 0.269 e. The van der Waals surface area contributed by atoms with Crippen molar-refractivity contribution >= 4 is 36.5 Å². The third-order valence-corrected chi connectivity index (χ3v) is 11.0. The maximum atomic E-state index is 14.3. The minimum absolute atomic E-state index is 0.130. The van der Waals surface area contributed by atoms with Crippen molar-refractivity contribution in [3.63, 3.8) is 0 Å². The Morgan fingerprint density at radius 1 is 0.977 bits per heavy atom. The van der Waals surface area contributed by atoms with Gasteiger partial charge in [0, 0.05) is 29.8 Å². The summed E-state index contributed by atoms with van der Waals surface area (Å²) in [4.78, 5) is 5.08. The van der Waals surface area contributed by atoms with Crippen LogP contribution in [0.5, 0.6) is 0 Å². The van der Waals surface area contributed by atoms with Gasteiger partial charge in [0.1, 0.15) is 0 Å². The molecule has 0 amide bonds. The maximum absolute atomic E-state index is 14.3. The van der Waals surface area contributed by atoms with Crippen LogP contribution in [0.4, 0.5) is 0 Å². The van der Waals surface area contributed by atoms with Crippen LogP contribution in [0.3, 0.4) is 0 Å². The fraction of sp³-hybridized carbons (Fsp3) is 0.364. The SMILES string of the molecule is CC1(C)OCC(Cc2cnc3c(c2)cc(/C(=C/C2CCCC2)c2ccc(S(C)(=O)=O)cc2)n3S(=O)(=O)c2ccccc2)O1. The molecule has 0 bridgehead atoms. The fourth-order valence-corrected chi connectivity index (χ4v) is 8.19. The molecule has 6 rings (SSSR count). The molecular formula is C33H36N2O6S2. The molecule has 0 spiro atoms. The predicted octanol–water partition coefficient (Wildman–Crippen LogP) is 5.99. The Balaban J connectivity index is 1.54. The van der Waals surface area contributed by atoms with E-state index < -0.39 is 25.6 Å². The number of sulfone groups is 1. The van der Waals surface area contributed by atoms with E-state index in [0.29, 0.717) is 29.8 Å². The maximum Gasteiger partial charge on any atom is 0.269 e. The number of hydrogen-bond donors (Lipinski definition) is 0. The van der Waals surface area contributed by atoms with Crippen molar-refractivity contribution in [2.24, 2.45) is 5.92 Å². The third kappa shape index (κ3) is 6.20. The second-order valence-corrected chi connectivity index (χ2v) is 15.7. The lowest BCUT2D eigenvalue weighted by Gasteiger charge is -2.17. The summed E-state index contributed by atoms with van der Waals surface area (Å²) in [5.74, 6) is -0.364. The van der Waals surface area contributed by atoms with Gasteiger partial charge in [0.05, 0.1) is 28.2 Å². The van der Waals surface area contributed by atoms with E-state index in [1.54, 1.807) is 60.8 Å². The molecule has 0 N–H and O–H groups in total. The largest absolute Gasteiger partial charge is 0.348 e. The second-order valence-electron chi connectivity index (χ2n) is 11.9. The summed E-state index contributed by atoms with van der Waals surface area (Å²) in [6.07, 6.45) is 9.74. The minimum Gasteiger partial charge on any atom is -0.348 e. The Hall–Kier alpha value is -3.31. The van der Waals surface area contributed by atoms with Gasteiger partial charge in [0.15, 0.2) is 21.3 Å². The average Bonchev–Trinajstić information content (AvgIpc) is 3.70. The number of aromatic nitrogens is 2. The lowest BCUT2D eigenvalue weighted by atomic mass is 9.96. The highest BCUT2D eigenvalue weighted by Gasteiger charge is 2.33. The summed E-state index contributed by atoms with van der Waals surface area (Å²) in [5, 5.41) is 0.690. The van der Waals surface area contributed by atoms with Crippen LogP contribution >= 0.6 is 0 Å². The van der Waals surface area contributed by atoms with E-state index in [1.165, 1.54) is 10.2 Å². The van der Waals surface area contributed by atoms with Crippen LogP contribution in [0.1, 0.15) is 56.4 Å². The van der Waals surface area contributed by atoms with Crippen molar-refractivity contribution in [3.05, 3.63) is 95.8 Å². The normalized spacial score (nSPS) is 19.8. The Labute approximate surface area is 253 Å². The van der Waals surface area contributed by atoms with Crippen LogP contribution in [-0.2, 0) is 35.8 Å². The first-order valence-electron chi connectivity index (χ1n) is 14.6. The molecule has 2 aromatic carbocycles. The molecule has 0 radical (unpaired) electrons. The van der Waals surface area contributed by atoms with Gasteiger partial charge in [-0.3, -0.25) is 0 Å². The van der Waals surface area contributed by atoms with Crippen molar-refractivity contribution in [2.75, 3.05) is 12.9 Å². The Morgan fingerprint density at radius 2 is 1.67 bits per heavy atom. The highest BCUT2D eigenvalue weighted by atomic mass is 32.2. The average molecular weight is 621 g/mol. The molecule has 2 aliphatic rings. The van der Waals surface area contributed by atoms with Gasteiger partial charge < -0.3 is 9.47 Å². The molecule has 1 aliphatic heterocycles. The van der Waals surface area contributed by atoms with Gasteiger partial charge in [-0.05, 0) is 80.1 Å². The van der Waals surface area contributed by atoms with E-state index in [0.717, 1.165) is 42.4 Å². The second kappa shape index (κ2) is 11.3. The molecule has 1 saturated heterocycles. The molecule has 1 aliphatic carbocycles. The van der Waals surface area contributed by atoms with E-state index >= 15 is 0 Å². The molecular weight excluding hydrogens is 585 g/mol. The lowest BCUT2D eigenvalue weighted by Crippen LogP contribution is -2.22. The predicted molar refractivity (Wildman–Crippen MR) is 166 cm³/mol. The summed E-state index contributed by atoms with van der Waals surface area (Å²) in [5.41, 5.74) is 3.21. The van der Waals surface area contributed by atoms with Gasteiger partial charge in [-0.2, -0.15) is 0 Å². The van der Waals surface area contributed by atoms with Crippen LogP contribution in [0.2, 0.25) is 0 Å². The number of nitrogens with zero attached hydrogens (tertiary/aromatic N) is 2. The highest BCUT2D eigenvalue weighted by molar-refractivity contribution is 7.90. The van der Waals surface area contributed by atoms with Crippen LogP contribution < -0.4 is 0 Å². The molecule has 4 aromatic rings. The first-order chi connectivity index (χ1) is 20.4. The zero-order valence-corrected chi connectivity index (χ0v) is 26.2. The van der Waals surface area contributed by atoms with Gasteiger partial charge in [-0.25, -0.2) is 25.8 Å². The van der Waals surface area contributed by atoms with Crippen molar-refractivity contribution < 1.29 is 26.3 Å². The zero-order chi connectivity index (χ0) is 30.4. The molecule has 226 valence electrons. The van der Waals surface area contributed by atoms with Crippen LogP contribution in [0, 0.1) is 5.92 Å². The Bertz CT molecular complexity index is 1890. The van der Waals surface area contributed by atoms with E-state index in [4.69, 9.17) is 14.5 Å². The van der Waals surface area contributed by atoms with Gasteiger partial charge in [-0.15, -0.1) is 0 Å². The van der Waals surface area contributed by atoms with E-state index in [-0.39, 0.29) is 21.8 Å². The third-order valence-electron chi connectivity index (χ3n) is 8.14. The molecule has 10 heteroatoms. The van der Waals surface area contributed by atoms with E-state index in [2.05, 4.69) is 6.08 Å². The molecule has 2 fully saturated rings. The standard InChI is InChI=1S/C33H36N2O6S2/c1-33(2)40-22-27(41-33)18-24-17-26-20-31(35(32(26)34-21-24)43(38,39)29-11-5-4-6-12-29)30(19-23-9-7-8-10-23)25-13-15-28(16-14-25)42(3,36)37/h4-6,11-17,19-21,23,27H,7-10,18,22H2,1-3H3/b30-19+. The molecule has 8 nitrogen and oxygen atoms in total. The van der Waals surface area contributed by atoms with E-state index in [9.17, 15) is 16.8 Å². The summed E-state index contributed by atoms with van der Waals surface area (Å²) < 4.78 is 66.1. The minimum atomic E-state index is -4.05. The Morgan fingerprint density at radius 3 is 2.30 bits per heavy atom. The van der Waals surface area contributed by atoms with Crippen LogP contribution in [-0.4, -0.2) is 50.5 Å². The number of rotatable bonds is 8. The molecule has 43 heavy (non-hydrogen) atoms. The number of benzene rings is 2. The Kier molecular flexibility index (Phi) is 7.83. The first kappa shape index (κ1) is 29.7. The molecule has 1 unspecified atom stereocenters. The van der Waals surface area contributed by atoms with Crippen molar-refractivity contribution in [1.82, 2.24) is 8.96 Å². The number of pyridine rings is 1. The quantitative estimate of drug-likeness (QED) is 0.238. The number of fused-ring (bicyclic) bond motifs is 1. The summed E-state index contributed by atoms with van der Waals surface area (Å²) in [6.45, 7) is 4.24. The van der Waals surface area contributed by atoms with Crippen molar-refractivity contribution in [1.29, 1.82) is 0 Å². The fourth-order valence-electron chi connectivity index (χ4n) is 6.05. The van der Waals surface area contributed by atoms with Gasteiger partial charge >= 0.3 is 0 Å². The van der Waals surface area contributed by atoms with Gasteiger partial charge in [0.2, 0.25) is 0 Å². The number of hydrogen-bond acceptors (Lipinski definition) is 7. The molecule has 2 aromatic heterocycles. The van der Waals surface area contributed by atoms with E-state index in [1.807, 2.05) is 26.0 Å². The monoisotopic (exact) mass is 620 g/mol. The van der Waals surface area contributed by atoms with Crippen molar-refractivity contribution in [3.8, 4) is 0 Å². The zero-order valence-electron chi connectivity index (χ0n) is 24.6. The number of ether oxygens (including phenoxy) is 2. The van der Waals surface area contributed by atoms with Crippen LogP contribution in [0.25, 0.3) is 16.6 Å². The summed E-state index contributed by atoms with van der Waals surface area (Å²) in [7, 11) is -7.44. The van der Waals surface area contributed by atoms with Crippen molar-refractivity contribution in [2.45, 2.75) is 67.6 Å². The lowest BCUT2D eigenvalue weighted by molar-refractivity contribution is -0.138. The first-order valence-corrected chi connectivity index (χ1v) is 17.9.